The molecule has 0 atom stereocenters. The van der Waals surface area contributed by atoms with Crippen LogP contribution in [-0.4, -0.2) is 45.6 Å². The summed E-state index contributed by atoms with van der Waals surface area (Å²) < 4.78 is 0. The Morgan fingerprint density at radius 3 is 2.77 bits per heavy atom. The van der Waals surface area contributed by atoms with Crippen LogP contribution in [0.2, 0.25) is 0 Å². The third-order valence-electron chi connectivity index (χ3n) is 3.23. The highest BCUT2D eigenvalue weighted by molar-refractivity contribution is 5.95. The third kappa shape index (κ3) is 4.23. The van der Waals surface area contributed by atoms with Gasteiger partial charge in [0.2, 0.25) is 0 Å². The first-order chi connectivity index (χ1) is 10.7. The van der Waals surface area contributed by atoms with Crippen molar-refractivity contribution in [1.29, 1.82) is 0 Å². The number of hydrogen-bond donors (Lipinski definition) is 1. The van der Waals surface area contributed by atoms with Gasteiger partial charge in [-0.1, -0.05) is 42.5 Å². The molecule has 5 heteroatoms. The van der Waals surface area contributed by atoms with Crippen molar-refractivity contribution in [3.63, 3.8) is 0 Å². The number of nitrogens with zero attached hydrogens (tertiary/aromatic N) is 3. The van der Waals surface area contributed by atoms with Crippen LogP contribution >= 0.6 is 0 Å². The largest absolute Gasteiger partial charge is 0.395 e. The van der Waals surface area contributed by atoms with Gasteiger partial charge >= 0.3 is 0 Å². The molecule has 0 aliphatic carbocycles. The van der Waals surface area contributed by atoms with E-state index in [9.17, 15) is 4.79 Å². The smallest absolute Gasteiger partial charge is 0.257 e. The van der Waals surface area contributed by atoms with Gasteiger partial charge in [0.05, 0.1) is 17.9 Å². The van der Waals surface area contributed by atoms with E-state index in [1.807, 2.05) is 42.5 Å². The molecule has 1 amide bonds. The fourth-order valence-corrected chi connectivity index (χ4v) is 2.05. The summed E-state index contributed by atoms with van der Waals surface area (Å²) in [4.78, 5) is 22.0. The molecule has 22 heavy (non-hydrogen) atoms. The lowest BCUT2D eigenvalue weighted by Crippen LogP contribution is -2.34. The van der Waals surface area contributed by atoms with Crippen LogP contribution in [0, 0.1) is 6.92 Å². The van der Waals surface area contributed by atoms with Crippen molar-refractivity contribution < 1.29 is 9.90 Å². The first-order valence-corrected chi connectivity index (χ1v) is 7.10. The lowest BCUT2D eigenvalue weighted by molar-refractivity contribution is 0.0741. The van der Waals surface area contributed by atoms with Gasteiger partial charge in [-0.15, -0.1) is 0 Å². The number of rotatable bonds is 6. The van der Waals surface area contributed by atoms with E-state index in [1.54, 1.807) is 11.8 Å². The van der Waals surface area contributed by atoms with Gasteiger partial charge in [0.1, 0.15) is 6.33 Å². The summed E-state index contributed by atoms with van der Waals surface area (Å²) in [7, 11) is 0. The van der Waals surface area contributed by atoms with Crippen molar-refractivity contribution >= 4 is 12.0 Å². The Bertz CT molecular complexity index is 641. The van der Waals surface area contributed by atoms with Crippen LogP contribution < -0.4 is 0 Å². The zero-order valence-electron chi connectivity index (χ0n) is 12.5. The van der Waals surface area contributed by atoms with Crippen molar-refractivity contribution in [2.75, 3.05) is 19.7 Å². The van der Waals surface area contributed by atoms with E-state index in [1.165, 1.54) is 12.5 Å². The molecule has 1 aromatic heterocycles. The highest BCUT2D eigenvalue weighted by atomic mass is 16.3. The molecule has 5 nitrogen and oxygen atoms in total. The summed E-state index contributed by atoms with van der Waals surface area (Å²) in [6, 6.07) is 9.85. The second-order valence-electron chi connectivity index (χ2n) is 4.81. The van der Waals surface area contributed by atoms with E-state index in [-0.39, 0.29) is 19.1 Å². The Morgan fingerprint density at radius 2 is 2.09 bits per heavy atom. The molecule has 1 N–H and O–H groups in total. The van der Waals surface area contributed by atoms with Crippen LogP contribution in [0.1, 0.15) is 21.6 Å². The van der Waals surface area contributed by atoms with Gasteiger partial charge < -0.3 is 10.0 Å². The van der Waals surface area contributed by atoms with Crippen molar-refractivity contribution in [2.45, 2.75) is 6.92 Å². The molecule has 1 aromatic carbocycles. The number of aromatic nitrogens is 2. The topological polar surface area (TPSA) is 66.3 Å². The molecule has 0 bridgehead atoms. The molecule has 2 aromatic rings. The van der Waals surface area contributed by atoms with Crippen molar-refractivity contribution in [3.8, 4) is 0 Å². The standard InChI is InChI=1S/C17H19N3O2/c1-14-16(12-18-13-19-14)17(22)20(10-11-21)9-5-8-15-6-3-2-4-7-15/h2-8,12-13,21H,9-11H2,1H3/b8-5+. The van der Waals surface area contributed by atoms with Crippen LogP contribution in [-0.2, 0) is 0 Å². The molecular weight excluding hydrogens is 278 g/mol. The molecule has 0 unspecified atom stereocenters. The van der Waals surface area contributed by atoms with Gasteiger partial charge in [0, 0.05) is 19.3 Å². The number of carbonyl (C=O) groups is 1. The number of amides is 1. The molecule has 0 saturated heterocycles. The van der Waals surface area contributed by atoms with E-state index >= 15 is 0 Å². The van der Waals surface area contributed by atoms with Gasteiger partial charge in [-0.3, -0.25) is 4.79 Å². The molecule has 0 spiro atoms. The predicted molar refractivity (Wildman–Crippen MR) is 85.2 cm³/mol. The Labute approximate surface area is 130 Å². The Hall–Kier alpha value is -2.53. The van der Waals surface area contributed by atoms with Gasteiger partial charge in [-0.25, -0.2) is 9.97 Å². The van der Waals surface area contributed by atoms with E-state index in [4.69, 9.17) is 5.11 Å². The molecular formula is C17H19N3O2. The number of aliphatic hydroxyl groups is 1. The van der Waals surface area contributed by atoms with Crippen LogP contribution in [0.4, 0.5) is 0 Å². The molecule has 114 valence electrons. The second kappa shape index (κ2) is 8.05. The van der Waals surface area contributed by atoms with Gasteiger partial charge in [0.15, 0.2) is 0 Å². The lowest BCUT2D eigenvalue weighted by Gasteiger charge is -2.20. The number of hydrogen-bond acceptors (Lipinski definition) is 4. The molecule has 2 rings (SSSR count). The zero-order valence-corrected chi connectivity index (χ0v) is 12.5. The average Bonchev–Trinajstić information content (AvgIpc) is 2.55. The summed E-state index contributed by atoms with van der Waals surface area (Å²) in [6.45, 7) is 2.37. The normalized spacial score (nSPS) is 10.8. The molecule has 0 aliphatic heterocycles. The molecule has 1 heterocycles. The van der Waals surface area contributed by atoms with Gasteiger partial charge in [-0.05, 0) is 12.5 Å². The first kappa shape index (κ1) is 15.9. The summed E-state index contributed by atoms with van der Waals surface area (Å²) in [5.41, 5.74) is 2.16. The molecule has 0 aliphatic rings. The molecule has 0 fully saturated rings. The minimum Gasteiger partial charge on any atom is -0.395 e. The van der Waals surface area contributed by atoms with Crippen LogP contribution in [0.25, 0.3) is 6.08 Å². The van der Waals surface area contributed by atoms with Crippen molar-refractivity contribution in [1.82, 2.24) is 14.9 Å². The van der Waals surface area contributed by atoms with E-state index in [0.717, 1.165) is 5.56 Å². The van der Waals surface area contributed by atoms with Crippen LogP contribution in [0.5, 0.6) is 0 Å². The summed E-state index contributed by atoms with van der Waals surface area (Å²) in [5, 5.41) is 9.17. The monoisotopic (exact) mass is 297 g/mol. The predicted octanol–water partition coefficient (Wildman–Crippen LogP) is 1.93. The number of aryl methyl sites for hydroxylation is 1. The number of carbonyl (C=O) groups excluding carboxylic acids is 1. The maximum absolute atomic E-state index is 12.5. The second-order valence-corrected chi connectivity index (χ2v) is 4.81. The molecule has 0 saturated carbocycles. The Kier molecular flexibility index (Phi) is 5.80. The van der Waals surface area contributed by atoms with Gasteiger partial charge in [0.25, 0.3) is 5.91 Å². The number of aliphatic hydroxyl groups excluding tert-OH is 1. The summed E-state index contributed by atoms with van der Waals surface area (Å²) in [6.07, 6.45) is 6.78. The highest BCUT2D eigenvalue weighted by Gasteiger charge is 2.16. The number of benzene rings is 1. The minimum absolute atomic E-state index is 0.0857. The quantitative estimate of drug-likeness (QED) is 0.885. The van der Waals surface area contributed by atoms with Crippen molar-refractivity contribution in [2.24, 2.45) is 0 Å². The summed E-state index contributed by atoms with van der Waals surface area (Å²) in [5.74, 6) is -0.176. The SMILES string of the molecule is Cc1ncncc1C(=O)N(C/C=C/c1ccccc1)CCO. The van der Waals surface area contributed by atoms with E-state index in [0.29, 0.717) is 17.8 Å². The average molecular weight is 297 g/mol. The fourth-order valence-electron chi connectivity index (χ4n) is 2.05. The summed E-state index contributed by atoms with van der Waals surface area (Å²) >= 11 is 0. The third-order valence-corrected chi connectivity index (χ3v) is 3.23. The highest BCUT2D eigenvalue weighted by Crippen LogP contribution is 2.08. The molecule has 0 radical (unpaired) electrons. The fraction of sp³-hybridized carbons (Fsp3) is 0.235. The zero-order chi connectivity index (χ0) is 15.8. The van der Waals surface area contributed by atoms with E-state index in [2.05, 4.69) is 9.97 Å². The minimum atomic E-state index is -0.176. The van der Waals surface area contributed by atoms with Crippen molar-refractivity contribution in [3.05, 3.63) is 65.8 Å². The maximum atomic E-state index is 12.5. The Morgan fingerprint density at radius 1 is 1.32 bits per heavy atom. The Balaban J connectivity index is 2.08. The first-order valence-electron chi connectivity index (χ1n) is 7.10. The van der Waals surface area contributed by atoms with Gasteiger partial charge in [-0.2, -0.15) is 0 Å². The van der Waals surface area contributed by atoms with Crippen LogP contribution in [0.15, 0.2) is 48.9 Å². The van der Waals surface area contributed by atoms with Crippen LogP contribution in [0.3, 0.4) is 0 Å². The lowest BCUT2D eigenvalue weighted by atomic mass is 10.2. The maximum Gasteiger partial charge on any atom is 0.257 e. The van der Waals surface area contributed by atoms with E-state index < -0.39 is 0 Å².